The molecule has 0 atom stereocenters. The first kappa shape index (κ1) is 15.5. The summed E-state index contributed by atoms with van der Waals surface area (Å²) in [6.45, 7) is 3.70. The summed E-state index contributed by atoms with van der Waals surface area (Å²) >= 11 is 0. The van der Waals surface area contributed by atoms with Crippen LogP contribution in [0.5, 0.6) is 0 Å². The van der Waals surface area contributed by atoms with Crippen LogP contribution in [0.25, 0.3) is 0 Å². The van der Waals surface area contributed by atoms with Crippen LogP contribution in [0.3, 0.4) is 0 Å². The molecule has 5 heteroatoms. The highest BCUT2D eigenvalue weighted by atomic mass is 16.2. The lowest BCUT2D eigenvalue weighted by Gasteiger charge is -2.39. The summed E-state index contributed by atoms with van der Waals surface area (Å²) in [6.07, 6.45) is 1.86. The molecule has 0 radical (unpaired) electrons. The van der Waals surface area contributed by atoms with Crippen molar-refractivity contribution in [3.05, 3.63) is 35.9 Å². The molecule has 2 rings (SSSR count). The average Bonchev–Trinajstić information content (AvgIpc) is 2.54. The Morgan fingerprint density at radius 1 is 1.19 bits per heavy atom. The van der Waals surface area contributed by atoms with Crippen molar-refractivity contribution in [2.45, 2.75) is 25.3 Å². The molecule has 1 aliphatic heterocycles. The summed E-state index contributed by atoms with van der Waals surface area (Å²) in [5.41, 5.74) is 0.691. The van der Waals surface area contributed by atoms with Gasteiger partial charge in [0.05, 0.1) is 6.54 Å². The molecule has 0 aromatic heterocycles. The van der Waals surface area contributed by atoms with Crippen molar-refractivity contribution >= 4 is 11.8 Å². The van der Waals surface area contributed by atoms with Gasteiger partial charge in [-0.25, -0.2) is 0 Å². The quantitative estimate of drug-likeness (QED) is 0.870. The number of rotatable bonds is 4. The van der Waals surface area contributed by atoms with E-state index in [2.05, 4.69) is 17.6 Å². The van der Waals surface area contributed by atoms with Crippen LogP contribution in [0, 0.1) is 0 Å². The van der Waals surface area contributed by atoms with Crippen molar-refractivity contribution in [1.82, 2.24) is 15.5 Å². The van der Waals surface area contributed by atoms with Crippen LogP contribution in [-0.2, 0) is 4.79 Å². The molecule has 1 aromatic carbocycles. The monoisotopic (exact) mass is 289 g/mol. The topological polar surface area (TPSA) is 61.4 Å². The third-order valence-electron chi connectivity index (χ3n) is 4.26. The minimum atomic E-state index is -0.207. The van der Waals surface area contributed by atoms with Gasteiger partial charge in [0.15, 0.2) is 0 Å². The Labute approximate surface area is 125 Å². The third kappa shape index (κ3) is 4.04. The van der Waals surface area contributed by atoms with Gasteiger partial charge >= 0.3 is 0 Å². The van der Waals surface area contributed by atoms with Crippen molar-refractivity contribution in [3.63, 3.8) is 0 Å². The van der Waals surface area contributed by atoms with Crippen molar-refractivity contribution in [1.29, 1.82) is 0 Å². The highest BCUT2D eigenvalue weighted by molar-refractivity contribution is 5.96. The number of carbonyl (C=O) groups excluding carboxylic acids is 2. The molecule has 2 N–H and O–H groups in total. The maximum Gasteiger partial charge on any atom is 0.251 e. The van der Waals surface area contributed by atoms with Gasteiger partial charge in [0.2, 0.25) is 5.91 Å². The van der Waals surface area contributed by atoms with Crippen LogP contribution < -0.4 is 10.6 Å². The van der Waals surface area contributed by atoms with Crippen LogP contribution in [0.4, 0.5) is 0 Å². The van der Waals surface area contributed by atoms with E-state index in [0.29, 0.717) is 5.56 Å². The van der Waals surface area contributed by atoms with Gasteiger partial charge in [-0.3, -0.25) is 9.59 Å². The van der Waals surface area contributed by atoms with Gasteiger partial charge in [-0.15, -0.1) is 0 Å². The van der Waals surface area contributed by atoms with Gasteiger partial charge in [-0.1, -0.05) is 18.2 Å². The number of benzene rings is 1. The number of hydrogen-bond acceptors (Lipinski definition) is 3. The van der Waals surface area contributed by atoms with E-state index in [0.717, 1.165) is 25.9 Å². The molecule has 2 amide bonds. The van der Waals surface area contributed by atoms with Gasteiger partial charge in [0, 0.05) is 24.2 Å². The maximum absolute atomic E-state index is 12.1. The lowest BCUT2D eigenvalue weighted by atomic mass is 9.90. The van der Waals surface area contributed by atoms with Crippen LogP contribution in [0.2, 0.25) is 0 Å². The SMILES string of the molecule is CNC1(C)CCN(C(=O)CNC(=O)c2ccccc2)CC1. The van der Waals surface area contributed by atoms with Crippen molar-refractivity contribution in [3.8, 4) is 0 Å². The van der Waals surface area contributed by atoms with E-state index < -0.39 is 0 Å². The van der Waals surface area contributed by atoms with Crippen molar-refractivity contribution in [2.24, 2.45) is 0 Å². The third-order valence-corrected chi connectivity index (χ3v) is 4.26. The second kappa shape index (κ2) is 6.72. The number of hydrogen-bond donors (Lipinski definition) is 2. The summed E-state index contributed by atoms with van der Waals surface area (Å²) in [5, 5.41) is 5.99. The lowest BCUT2D eigenvalue weighted by molar-refractivity contribution is -0.131. The van der Waals surface area contributed by atoms with Crippen molar-refractivity contribution < 1.29 is 9.59 Å². The number of likely N-dealkylation sites (tertiary alicyclic amines) is 1. The highest BCUT2D eigenvalue weighted by Gasteiger charge is 2.30. The molecule has 114 valence electrons. The first-order valence-electron chi connectivity index (χ1n) is 7.34. The summed E-state index contributed by atoms with van der Waals surface area (Å²) in [6, 6.07) is 8.94. The fourth-order valence-electron chi connectivity index (χ4n) is 2.46. The number of carbonyl (C=O) groups is 2. The van der Waals surface area contributed by atoms with Crippen LogP contribution in [-0.4, -0.2) is 48.9 Å². The van der Waals surface area contributed by atoms with Crippen LogP contribution in [0.15, 0.2) is 30.3 Å². The number of amides is 2. The van der Waals surface area contributed by atoms with Gasteiger partial charge in [-0.05, 0) is 38.9 Å². The molecule has 0 aliphatic carbocycles. The van der Waals surface area contributed by atoms with E-state index in [-0.39, 0.29) is 23.9 Å². The summed E-state index contributed by atoms with van der Waals surface area (Å²) in [7, 11) is 1.96. The van der Waals surface area contributed by atoms with Gasteiger partial charge in [-0.2, -0.15) is 0 Å². The molecule has 1 fully saturated rings. The first-order chi connectivity index (χ1) is 10.0. The highest BCUT2D eigenvalue weighted by Crippen LogP contribution is 2.20. The largest absolute Gasteiger partial charge is 0.343 e. The molecule has 0 unspecified atom stereocenters. The Hall–Kier alpha value is -1.88. The molecule has 0 bridgehead atoms. The molecule has 1 aliphatic rings. The minimum absolute atomic E-state index is 0.0163. The molecule has 1 aromatic rings. The van der Waals surface area contributed by atoms with Gasteiger partial charge in [0.1, 0.15) is 0 Å². The van der Waals surface area contributed by atoms with Crippen LogP contribution >= 0.6 is 0 Å². The average molecular weight is 289 g/mol. The maximum atomic E-state index is 12.1. The molecule has 0 saturated carbocycles. The Balaban J connectivity index is 1.79. The Kier molecular flexibility index (Phi) is 4.96. The van der Waals surface area contributed by atoms with Crippen LogP contribution in [0.1, 0.15) is 30.1 Å². The Morgan fingerprint density at radius 3 is 2.38 bits per heavy atom. The van der Waals surface area contributed by atoms with E-state index in [4.69, 9.17) is 0 Å². The minimum Gasteiger partial charge on any atom is -0.343 e. The number of nitrogens with zero attached hydrogens (tertiary/aromatic N) is 1. The van der Waals surface area contributed by atoms with Gasteiger partial charge < -0.3 is 15.5 Å². The van der Waals surface area contributed by atoms with E-state index in [9.17, 15) is 9.59 Å². The van der Waals surface area contributed by atoms with Crippen molar-refractivity contribution in [2.75, 3.05) is 26.7 Å². The second-order valence-electron chi connectivity index (χ2n) is 5.74. The fraction of sp³-hybridized carbons (Fsp3) is 0.500. The molecule has 0 spiro atoms. The molecular weight excluding hydrogens is 266 g/mol. The molecule has 1 heterocycles. The zero-order valence-electron chi connectivity index (χ0n) is 12.7. The summed E-state index contributed by atoms with van der Waals surface area (Å²) in [4.78, 5) is 25.8. The Morgan fingerprint density at radius 2 is 1.81 bits per heavy atom. The van der Waals surface area contributed by atoms with E-state index in [1.807, 2.05) is 18.0 Å². The van der Waals surface area contributed by atoms with E-state index in [1.54, 1.807) is 24.3 Å². The fourth-order valence-corrected chi connectivity index (χ4v) is 2.46. The lowest BCUT2D eigenvalue weighted by Crippen LogP contribution is -2.52. The predicted octanol–water partition coefficient (Wildman–Crippen LogP) is 1.02. The summed E-state index contributed by atoms with van der Waals surface area (Å²) < 4.78 is 0. The smallest absolute Gasteiger partial charge is 0.251 e. The van der Waals surface area contributed by atoms with E-state index >= 15 is 0 Å². The normalized spacial score (nSPS) is 17.3. The first-order valence-corrected chi connectivity index (χ1v) is 7.34. The predicted molar refractivity (Wildman–Crippen MR) is 82.1 cm³/mol. The summed E-state index contributed by atoms with van der Waals surface area (Å²) in [5.74, 6) is -0.224. The zero-order valence-corrected chi connectivity index (χ0v) is 12.7. The molecule has 1 saturated heterocycles. The van der Waals surface area contributed by atoms with Gasteiger partial charge in [0.25, 0.3) is 5.91 Å². The zero-order chi connectivity index (χ0) is 15.3. The second-order valence-corrected chi connectivity index (χ2v) is 5.74. The number of nitrogens with one attached hydrogen (secondary N) is 2. The molecular formula is C16H23N3O2. The number of piperidine rings is 1. The van der Waals surface area contributed by atoms with E-state index in [1.165, 1.54) is 0 Å². The Bertz CT molecular complexity index is 494. The standard InChI is InChI=1S/C16H23N3O2/c1-16(17-2)8-10-19(11-9-16)14(20)12-18-15(21)13-6-4-3-5-7-13/h3-7,17H,8-12H2,1-2H3,(H,18,21). The molecule has 5 nitrogen and oxygen atoms in total. The molecule has 21 heavy (non-hydrogen) atoms.